The zero-order valence-electron chi connectivity index (χ0n) is 18.4. The Balaban J connectivity index is 0.000000434. The Hall–Kier alpha value is -0.680. The number of ether oxygens (including phenoxy) is 3. The standard InChI is InChI=1S/C12H22O11.C6H14O6/c13-1-3-5(15)6(16)9(19)12(22-3)23-10-4(2-14)21-11(20)8(18)7(10)17;7-1-3(9)5(11)6(12)4(10)2-8/h3-20H,1-2H2;3-12H,1-2H2/t3-,4-,5+,6+,7-,8?,9-,10-,11?,12+;3-,4+,5-,6-/m11/s1. The third-order valence-electron chi connectivity index (χ3n) is 5.49. The molecule has 0 aliphatic carbocycles. The van der Waals surface area contributed by atoms with Crippen LogP contribution in [0.2, 0.25) is 0 Å². The Morgan fingerprint density at radius 2 is 1.06 bits per heavy atom. The first-order chi connectivity index (χ1) is 16.4. The molecule has 0 bridgehead atoms. The summed E-state index contributed by atoms with van der Waals surface area (Å²) in [7, 11) is 0. The van der Waals surface area contributed by atoms with E-state index in [1.807, 2.05) is 0 Å². The minimum absolute atomic E-state index is 0.667. The molecule has 14 N–H and O–H groups in total. The van der Waals surface area contributed by atoms with E-state index >= 15 is 0 Å². The maximum Gasteiger partial charge on any atom is 0.187 e. The van der Waals surface area contributed by atoms with E-state index in [9.17, 15) is 35.7 Å². The Kier molecular flexibility index (Phi) is 13.8. The maximum absolute atomic E-state index is 9.94. The highest BCUT2D eigenvalue weighted by molar-refractivity contribution is 4.93. The second-order valence-corrected chi connectivity index (χ2v) is 8.01. The smallest absolute Gasteiger partial charge is 0.187 e. The number of hydrogen-bond acceptors (Lipinski definition) is 17. The molecule has 0 amide bonds. The number of rotatable bonds is 9. The second-order valence-electron chi connectivity index (χ2n) is 8.01. The molecule has 0 saturated carbocycles. The summed E-state index contributed by atoms with van der Waals surface area (Å²) in [5.41, 5.74) is 0. The summed E-state index contributed by atoms with van der Waals surface area (Å²) in [6.07, 6.45) is -22.0. The second kappa shape index (κ2) is 14.9. The van der Waals surface area contributed by atoms with Gasteiger partial charge in [0.25, 0.3) is 0 Å². The van der Waals surface area contributed by atoms with E-state index in [0.29, 0.717) is 0 Å². The Morgan fingerprint density at radius 3 is 1.49 bits per heavy atom. The van der Waals surface area contributed by atoms with Crippen molar-refractivity contribution < 1.29 is 85.7 Å². The highest BCUT2D eigenvalue weighted by Gasteiger charge is 2.50. The van der Waals surface area contributed by atoms with Gasteiger partial charge in [0.15, 0.2) is 12.6 Å². The molecule has 14 atom stereocenters. The van der Waals surface area contributed by atoms with Crippen molar-refractivity contribution in [2.45, 2.75) is 85.8 Å². The van der Waals surface area contributed by atoms with Crippen molar-refractivity contribution in [3.8, 4) is 0 Å². The highest BCUT2D eigenvalue weighted by Crippen LogP contribution is 2.28. The summed E-state index contributed by atoms with van der Waals surface area (Å²) in [4.78, 5) is 0. The van der Waals surface area contributed by atoms with Gasteiger partial charge in [0, 0.05) is 0 Å². The molecule has 0 aromatic heterocycles. The van der Waals surface area contributed by atoms with E-state index in [1.165, 1.54) is 0 Å². The van der Waals surface area contributed by atoms with Gasteiger partial charge < -0.3 is 85.7 Å². The summed E-state index contributed by atoms with van der Waals surface area (Å²) in [6, 6.07) is 0. The molecule has 2 unspecified atom stereocenters. The molecule has 2 aliphatic heterocycles. The van der Waals surface area contributed by atoms with Crippen LogP contribution < -0.4 is 0 Å². The summed E-state index contributed by atoms with van der Waals surface area (Å²) >= 11 is 0. The molecule has 17 heteroatoms. The quantitative estimate of drug-likeness (QED) is 0.133. The van der Waals surface area contributed by atoms with Crippen LogP contribution in [0.3, 0.4) is 0 Å². The van der Waals surface area contributed by atoms with Crippen molar-refractivity contribution in [1.82, 2.24) is 0 Å². The summed E-state index contributed by atoms with van der Waals surface area (Å²) < 4.78 is 15.3. The zero-order chi connectivity index (χ0) is 27.0. The fourth-order valence-electron chi connectivity index (χ4n) is 3.24. The predicted molar refractivity (Wildman–Crippen MR) is 107 cm³/mol. The minimum Gasteiger partial charge on any atom is -0.394 e. The summed E-state index contributed by atoms with van der Waals surface area (Å²) in [5.74, 6) is 0. The first-order valence-corrected chi connectivity index (χ1v) is 10.6. The molecule has 210 valence electrons. The molecule has 0 spiro atoms. The van der Waals surface area contributed by atoms with Gasteiger partial charge in [0.2, 0.25) is 0 Å². The van der Waals surface area contributed by atoms with Gasteiger partial charge >= 0.3 is 0 Å². The summed E-state index contributed by atoms with van der Waals surface area (Å²) in [6.45, 7) is -2.80. The maximum atomic E-state index is 9.94. The normalized spacial score (nSPS) is 41.3. The lowest BCUT2D eigenvalue weighted by atomic mass is 9.97. The van der Waals surface area contributed by atoms with Gasteiger partial charge in [0.05, 0.1) is 26.4 Å². The monoisotopic (exact) mass is 524 g/mol. The van der Waals surface area contributed by atoms with Crippen LogP contribution in [0.4, 0.5) is 0 Å². The average molecular weight is 524 g/mol. The minimum atomic E-state index is -1.74. The van der Waals surface area contributed by atoms with Gasteiger partial charge in [-0.2, -0.15) is 0 Å². The van der Waals surface area contributed by atoms with Crippen molar-refractivity contribution in [1.29, 1.82) is 0 Å². The fourth-order valence-corrected chi connectivity index (χ4v) is 3.24. The molecule has 2 heterocycles. The van der Waals surface area contributed by atoms with Crippen LogP contribution in [0, 0.1) is 0 Å². The average Bonchev–Trinajstić information content (AvgIpc) is 2.87. The molecule has 17 nitrogen and oxygen atoms in total. The van der Waals surface area contributed by atoms with Gasteiger partial charge in [0.1, 0.15) is 73.2 Å². The molecule has 2 fully saturated rings. The lowest BCUT2D eigenvalue weighted by molar-refractivity contribution is -0.355. The van der Waals surface area contributed by atoms with Crippen molar-refractivity contribution in [2.24, 2.45) is 0 Å². The lowest BCUT2D eigenvalue weighted by Crippen LogP contribution is -2.64. The molecule has 0 radical (unpaired) electrons. The topological polar surface area (TPSA) is 311 Å². The third-order valence-corrected chi connectivity index (χ3v) is 5.49. The van der Waals surface area contributed by atoms with Crippen LogP contribution in [0.5, 0.6) is 0 Å². The Morgan fingerprint density at radius 1 is 0.571 bits per heavy atom. The predicted octanol–water partition coefficient (Wildman–Crippen LogP) is -8.98. The van der Waals surface area contributed by atoms with E-state index in [-0.39, 0.29) is 0 Å². The summed E-state index contributed by atoms with van der Waals surface area (Å²) in [5, 5.41) is 129. The largest absolute Gasteiger partial charge is 0.394 e. The zero-order valence-corrected chi connectivity index (χ0v) is 18.4. The van der Waals surface area contributed by atoms with Crippen molar-refractivity contribution in [3.05, 3.63) is 0 Å². The molecule has 0 aromatic rings. The van der Waals surface area contributed by atoms with Crippen LogP contribution in [-0.4, -0.2) is 184 Å². The first kappa shape index (κ1) is 32.3. The van der Waals surface area contributed by atoms with Crippen molar-refractivity contribution in [2.75, 3.05) is 26.4 Å². The number of aliphatic hydroxyl groups is 14. The van der Waals surface area contributed by atoms with E-state index in [0.717, 1.165) is 0 Å². The van der Waals surface area contributed by atoms with Crippen LogP contribution >= 0.6 is 0 Å². The van der Waals surface area contributed by atoms with Crippen LogP contribution in [0.15, 0.2) is 0 Å². The molecule has 2 rings (SSSR count). The highest BCUT2D eigenvalue weighted by atomic mass is 16.7. The molecular weight excluding hydrogens is 488 g/mol. The lowest BCUT2D eigenvalue weighted by Gasteiger charge is -2.45. The number of hydrogen-bond donors (Lipinski definition) is 14. The Bertz CT molecular complexity index is 567. The fraction of sp³-hybridized carbons (Fsp3) is 1.00. The SMILES string of the molecule is OC[C@@H](O)[C@@H](O)[C@H](O)[C@@H](O)CO.OC[C@H]1O[C@@H](O[C@H]2[C@H](O)C(O)C(O)O[C@@H]2CO)[C@H](O)[C@@H](O)[C@H]1O. The molecule has 2 aliphatic rings. The van der Waals surface area contributed by atoms with Crippen LogP contribution in [0.1, 0.15) is 0 Å². The van der Waals surface area contributed by atoms with Gasteiger partial charge in [-0.05, 0) is 0 Å². The first-order valence-electron chi connectivity index (χ1n) is 10.6. The molecule has 0 aromatic carbocycles. The third kappa shape index (κ3) is 8.15. The van der Waals surface area contributed by atoms with E-state index in [1.54, 1.807) is 0 Å². The van der Waals surface area contributed by atoms with Crippen LogP contribution in [0.25, 0.3) is 0 Å². The van der Waals surface area contributed by atoms with Gasteiger partial charge in [-0.25, -0.2) is 0 Å². The van der Waals surface area contributed by atoms with Crippen LogP contribution in [-0.2, 0) is 14.2 Å². The van der Waals surface area contributed by atoms with Gasteiger partial charge in [-0.15, -0.1) is 0 Å². The Labute approximate surface area is 198 Å². The van der Waals surface area contributed by atoms with Gasteiger partial charge in [-0.1, -0.05) is 0 Å². The van der Waals surface area contributed by atoms with E-state index in [4.69, 9.17) is 50.0 Å². The molecule has 35 heavy (non-hydrogen) atoms. The van der Waals surface area contributed by atoms with E-state index in [2.05, 4.69) is 0 Å². The van der Waals surface area contributed by atoms with Gasteiger partial charge in [-0.3, -0.25) is 0 Å². The number of aliphatic hydroxyl groups excluding tert-OH is 14. The van der Waals surface area contributed by atoms with Crippen molar-refractivity contribution in [3.63, 3.8) is 0 Å². The van der Waals surface area contributed by atoms with E-state index < -0.39 is 112 Å². The van der Waals surface area contributed by atoms with Crippen molar-refractivity contribution >= 4 is 0 Å². The molecule has 2 saturated heterocycles. The molecular formula is C18H36O17.